The maximum Gasteiger partial charge on any atom is 0.242 e. The standard InChI is InChI=1S/C18H20ClN3O2/c1-10-3-5-14(11(2)7-10)20-18(24)16-9-15(21-22-16)13-8-12(19)4-6-17(13)23/h3-8,15-16,21-23H,9H2,1-2H3,(H,20,24). The molecule has 6 heteroatoms. The number of benzene rings is 2. The monoisotopic (exact) mass is 345 g/mol. The molecule has 5 nitrogen and oxygen atoms in total. The minimum Gasteiger partial charge on any atom is -0.508 e. The third kappa shape index (κ3) is 3.53. The van der Waals surface area contributed by atoms with Crippen molar-refractivity contribution < 1.29 is 9.90 Å². The molecule has 1 amide bonds. The van der Waals surface area contributed by atoms with Crippen LogP contribution in [0.4, 0.5) is 5.69 Å². The van der Waals surface area contributed by atoms with Crippen molar-refractivity contribution in [2.45, 2.75) is 32.4 Å². The van der Waals surface area contributed by atoms with Crippen molar-refractivity contribution in [2.75, 3.05) is 5.32 Å². The van der Waals surface area contributed by atoms with Crippen LogP contribution in [-0.2, 0) is 4.79 Å². The average Bonchev–Trinajstić information content (AvgIpc) is 3.02. The highest BCUT2D eigenvalue weighted by atomic mass is 35.5. The van der Waals surface area contributed by atoms with E-state index in [9.17, 15) is 9.90 Å². The van der Waals surface area contributed by atoms with Crippen LogP contribution in [0, 0.1) is 13.8 Å². The molecule has 2 atom stereocenters. The Morgan fingerprint density at radius 1 is 1.21 bits per heavy atom. The number of anilines is 1. The molecule has 0 radical (unpaired) electrons. The molecule has 4 N–H and O–H groups in total. The minimum absolute atomic E-state index is 0.113. The first kappa shape index (κ1) is 16.8. The van der Waals surface area contributed by atoms with Gasteiger partial charge in [-0.3, -0.25) is 4.79 Å². The average molecular weight is 346 g/mol. The largest absolute Gasteiger partial charge is 0.508 e. The molecule has 1 aliphatic heterocycles. The summed E-state index contributed by atoms with van der Waals surface area (Å²) in [5.74, 6) is 0.0487. The lowest BCUT2D eigenvalue weighted by atomic mass is 10.0. The molecule has 0 spiro atoms. The highest BCUT2D eigenvalue weighted by molar-refractivity contribution is 6.30. The van der Waals surface area contributed by atoms with Gasteiger partial charge in [-0.15, -0.1) is 0 Å². The molecule has 0 aromatic heterocycles. The van der Waals surface area contributed by atoms with E-state index in [4.69, 9.17) is 11.6 Å². The Bertz CT molecular complexity index is 779. The highest BCUT2D eigenvalue weighted by Crippen LogP contribution is 2.32. The summed E-state index contributed by atoms with van der Waals surface area (Å²) in [6.07, 6.45) is 0.518. The molecule has 126 valence electrons. The van der Waals surface area contributed by atoms with Gasteiger partial charge in [0, 0.05) is 16.3 Å². The van der Waals surface area contributed by atoms with Gasteiger partial charge >= 0.3 is 0 Å². The maximum absolute atomic E-state index is 12.5. The van der Waals surface area contributed by atoms with Crippen LogP contribution in [-0.4, -0.2) is 17.1 Å². The molecule has 0 bridgehead atoms. The number of phenolic OH excluding ortho intramolecular Hbond substituents is 1. The molecule has 2 unspecified atom stereocenters. The number of aryl methyl sites for hydroxylation is 2. The van der Waals surface area contributed by atoms with Crippen LogP contribution in [0.5, 0.6) is 5.75 Å². The molecule has 1 aliphatic rings. The molecule has 0 saturated carbocycles. The van der Waals surface area contributed by atoms with Crippen LogP contribution >= 0.6 is 11.6 Å². The van der Waals surface area contributed by atoms with E-state index in [0.29, 0.717) is 17.0 Å². The fraction of sp³-hybridized carbons (Fsp3) is 0.278. The maximum atomic E-state index is 12.5. The SMILES string of the molecule is Cc1ccc(NC(=O)C2CC(c3cc(Cl)ccc3O)NN2)c(C)c1. The fourth-order valence-corrected chi connectivity index (χ4v) is 3.09. The van der Waals surface area contributed by atoms with Gasteiger partial charge in [-0.2, -0.15) is 0 Å². The third-order valence-electron chi connectivity index (χ3n) is 4.22. The lowest BCUT2D eigenvalue weighted by Gasteiger charge is -2.13. The number of carbonyl (C=O) groups excluding carboxylic acids is 1. The quantitative estimate of drug-likeness (QED) is 0.689. The second-order valence-corrected chi connectivity index (χ2v) is 6.58. The smallest absolute Gasteiger partial charge is 0.242 e. The van der Waals surface area contributed by atoms with E-state index in [1.807, 2.05) is 32.0 Å². The Kier molecular flexibility index (Phi) is 4.76. The second-order valence-electron chi connectivity index (χ2n) is 6.14. The Morgan fingerprint density at radius 3 is 2.75 bits per heavy atom. The molecule has 2 aromatic rings. The summed E-state index contributed by atoms with van der Waals surface area (Å²) >= 11 is 5.99. The van der Waals surface area contributed by atoms with Crippen LogP contribution in [0.2, 0.25) is 5.02 Å². The van der Waals surface area contributed by atoms with E-state index in [1.165, 1.54) is 0 Å². The van der Waals surface area contributed by atoms with Crippen LogP contribution in [0.3, 0.4) is 0 Å². The number of nitrogens with one attached hydrogen (secondary N) is 3. The van der Waals surface area contributed by atoms with Crippen LogP contribution in [0.15, 0.2) is 36.4 Å². The van der Waals surface area contributed by atoms with E-state index in [2.05, 4.69) is 16.2 Å². The summed E-state index contributed by atoms with van der Waals surface area (Å²) in [7, 11) is 0. The summed E-state index contributed by atoms with van der Waals surface area (Å²) in [6, 6.07) is 10.2. The third-order valence-corrected chi connectivity index (χ3v) is 4.46. The number of hydrogen-bond acceptors (Lipinski definition) is 4. The summed E-state index contributed by atoms with van der Waals surface area (Å²) in [5.41, 5.74) is 9.70. The zero-order valence-corrected chi connectivity index (χ0v) is 14.3. The Balaban J connectivity index is 1.69. The Labute approximate surface area is 146 Å². The normalized spacial score (nSPS) is 20.1. The summed E-state index contributed by atoms with van der Waals surface area (Å²) < 4.78 is 0. The first-order valence-corrected chi connectivity index (χ1v) is 8.19. The first-order valence-electron chi connectivity index (χ1n) is 7.81. The Hall–Kier alpha value is -2.08. The molecule has 1 heterocycles. The van der Waals surface area contributed by atoms with Gasteiger partial charge in [0.2, 0.25) is 5.91 Å². The number of rotatable bonds is 3. The number of amides is 1. The van der Waals surface area contributed by atoms with Gasteiger partial charge in [0.1, 0.15) is 11.8 Å². The number of hydrazine groups is 1. The van der Waals surface area contributed by atoms with E-state index in [1.54, 1.807) is 18.2 Å². The van der Waals surface area contributed by atoms with E-state index >= 15 is 0 Å². The van der Waals surface area contributed by atoms with Crippen molar-refractivity contribution in [1.82, 2.24) is 10.9 Å². The molecule has 0 aliphatic carbocycles. The fourth-order valence-electron chi connectivity index (χ4n) is 2.91. The van der Waals surface area contributed by atoms with Gasteiger partial charge in [0.05, 0.1) is 6.04 Å². The van der Waals surface area contributed by atoms with Gasteiger partial charge in [0.15, 0.2) is 0 Å². The highest BCUT2D eigenvalue weighted by Gasteiger charge is 2.31. The van der Waals surface area contributed by atoms with Gasteiger partial charge in [-0.05, 0) is 50.1 Å². The molecule has 1 fully saturated rings. The lowest BCUT2D eigenvalue weighted by Crippen LogP contribution is -2.39. The number of hydrogen-bond donors (Lipinski definition) is 4. The molecule has 3 rings (SSSR count). The van der Waals surface area contributed by atoms with Crippen LogP contribution in [0.25, 0.3) is 0 Å². The molecule has 24 heavy (non-hydrogen) atoms. The predicted octanol–water partition coefficient (Wildman–Crippen LogP) is 3.21. The van der Waals surface area contributed by atoms with Crippen molar-refractivity contribution >= 4 is 23.2 Å². The van der Waals surface area contributed by atoms with Gasteiger partial charge < -0.3 is 10.4 Å². The van der Waals surface area contributed by atoms with Gasteiger partial charge in [-0.25, -0.2) is 10.9 Å². The minimum atomic E-state index is -0.394. The molecule has 1 saturated heterocycles. The first-order chi connectivity index (χ1) is 11.4. The number of phenols is 1. The lowest BCUT2D eigenvalue weighted by molar-refractivity contribution is -0.117. The van der Waals surface area contributed by atoms with Crippen molar-refractivity contribution in [3.63, 3.8) is 0 Å². The zero-order valence-electron chi connectivity index (χ0n) is 13.6. The topological polar surface area (TPSA) is 73.4 Å². The van der Waals surface area contributed by atoms with E-state index < -0.39 is 6.04 Å². The number of halogens is 1. The molecular weight excluding hydrogens is 326 g/mol. The number of carbonyl (C=O) groups is 1. The summed E-state index contributed by atoms with van der Waals surface area (Å²) in [5, 5.41) is 13.5. The number of aromatic hydroxyl groups is 1. The van der Waals surface area contributed by atoms with Crippen molar-refractivity contribution in [1.29, 1.82) is 0 Å². The molecule has 2 aromatic carbocycles. The van der Waals surface area contributed by atoms with Crippen LogP contribution in [0.1, 0.15) is 29.2 Å². The van der Waals surface area contributed by atoms with Crippen molar-refractivity contribution in [2.24, 2.45) is 0 Å². The van der Waals surface area contributed by atoms with Gasteiger partial charge in [-0.1, -0.05) is 29.3 Å². The molecular formula is C18H20ClN3O2. The van der Waals surface area contributed by atoms with Crippen LogP contribution < -0.4 is 16.2 Å². The predicted molar refractivity (Wildman–Crippen MR) is 95.1 cm³/mol. The Morgan fingerprint density at radius 2 is 2.00 bits per heavy atom. The summed E-state index contributed by atoms with van der Waals surface area (Å²) in [4.78, 5) is 12.5. The van der Waals surface area contributed by atoms with Crippen molar-refractivity contribution in [3.8, 4) is 5.75 Å². The van der Waals surface area contributed by atoms with Gasteiger partial charge in [0.25, 0.3) is 0 Å². The zero-order chi connectivity index (χ0) is 17.3. The van der Waals surface area contributed by atoms with Crippen molar-refractivity contribution in [3.05, 3.63) is 58.1 Å². The van der Waals surface area contributed by atoms with E-state index in [0.717, 1.165) is 16.8 Å². The van der Waals surface area contributed by atoms with E-state index in [-0.39, 0.29) is 17.7 Å². The summed E-state index contributed by atoms with van der Waals surface area (Å²) in [6.45, 7) is 3.98. The second kappa shape index (κ2) is 6.81.